The van der Waals surface area contributed by atoms with Gasteiger partial charge in [-0.05, 0) is 25.1 Å². The molecule has 0 heterocycles. The summed E-state index contributed by atoms with van der Waals surface area (Å²) in [4.78, 5) is 11.6. The van der Waals surface area contributed by atoms with Crippen molar-refractivity contribution in [2.45, 2.75) is 13.0 Å². The average Bonchev–Trinajstić information content (AvgIpc) is 2.38. The second kappa shape index (κ2) is 7.34. The van der Waals surface area contributed by atoms with E-state index in [2.05, 4.69) is 10.6 Å². The molecule has 2 N–H and O–H groups in total. The second-order valence-electron chi connectivity index (χ2n) is 4.08. The molecule has 19 heavy (non-hydrogen) atoms. The van der Waals surface area contributed by atoms with Gasteiger partial charge in [0.05, 0.1) is 18.7 Å². The maximum atomic E-state index is 13.1. The van der Waals surface area contributed by atoms with Crippen molar-refractivity contribution >= 4 is 11.6 Å². The Labute approximate surface area is 111 Å². The molecule has 1 amide bonds. The van der Waals surface area contributed by atoms with Crippen molar-refractivity contribution in [3.63, 3.8) is 0 Å². The van der Waals surface area contributed by atoms with E-state index in [0.29, 0.717) is 12.3 Å². The first kappa shape index (κ1) is 14.9. The first-order valence-electron chi connectivity index (χ1n) is 5.78. The van der Waals surface area contributed by atoms with E-state index < -0.39 is 5.82 Å². The van der Waals surface area contributed by atoms with Gasteiger partial charge in [0.2, 0.25) is 5.91 Å². The molecule has 1 aromatic carbocycles. The van der Waals surface area contributed by atoms with Crippen LogP contribution in [0.4, 0.5) is 10.1 Å². The van der Waals surface area contributed by atoms with Gasteiger partial charge < -0.3 is 15.4 Å². The molecule has 0 fully saturated rings. The molecule has 102 valence electrons. The lowest BCUT2D eigenvalue weighted by atomic mass is 10.2. The average molecular weight is 265 g/mol. The maximum Gasteiger partial charge on any atom is 0.239 e. The monoisotopic (exact) mass is 265 g/mol. The Morgan fingerprint density at radius 1 is 1.58 bits per heavy atom. The van der Waals surface area contributed by atoms with Crippen molar-refractivity contribution in [1.29, 1.82) is 5.26 Å². The molecule has 0 aromatic heterocycles. The summed E-state index contributed by atoms with van der Waals surface area (Å²) in [5.41, 5.74) is 0.464. The molecule has 5 nitrogen and oxygen atoms in total. The molecule has 0 aliphatic rings. The number of nitrogens with zero attached hydrogens (tertiary/aromatic N) is 1. The number of nitrogens with one attached hydrogen (secondary N) is 2. The number of halogens is 1. The molecule has 1 aromatic rings. The number of hydrogen-bond acceptors (Lipinski definition) is 4. The molecule has 0 saturated carbocycles. The van der Waals surface area contributed by atoms with Crippen LogP contribution in [-0.2, 0) is 9.53 Å². The zero-order valence-electron chi connectivity index (χ0n) is 10.9. The van der Waals surface area contributed by atoms with Gasteiger partial charge >= 0.3 is 0 Å². The Morgan fingerprint density at radius 2 is 2.32 bits per heavy atom. The van der Waals surface area contributed by atoms with E-state index >= 15 is 0 Å². The number of anilines is 1. The fourth-order valence-corrected chi connectivity index (χ4v) is 1.52. The summed E-state index contributed by atoms with van der Waals surface area (Å²) >= 11 is 0. The van der Waals surface area contributed by atoms with Gasteiger partial charge in [-0.3, -0.25) is 4.79 Å². The number of rotatable bonds is 6. The van der Waals surface area contributed by atoms with Crippen LogP contribution in [0, 0.1) is 17.1 Å². The molecule has 0 saturated heterocycles. The van der Waals surface area contributed by atoms with Crippen LogP contribution in [0.2, 0.25) is 0 Å². The number of hydrogen-bond donors (Lipinski definition) is 2. The van der Waals surface area contributed by atoms with Crippen molar-refractivity contribution in [2.75, 3.05) is 25.6 Å². The Balaban J connectivity index is 2.49. The molecule has 0 bridgehead atoms. The minimum atomic E-state index is -0.578. The van der Waals surface area contributed by atoms with Gasteiger partial charge in [-0.25, -0.2) is 4.39 Å². The van der Waals surface area contributed by atoms with Crippen molar-refractivity contribution in [2.24, 2.45) is 0 Å². The van der Waals surface area contributed by atoms with Crippen LogP contribution in [0.15, 0.2) is 18.2 Å². The number of carbonyl (C=O) groups is 1. The summed E-state index contributed by atoms with van der Waals surface area (Å²) in [6, 6.07) is 5.68. The van der Waals surface area contributed by atoms with Gasteiger partial charge in [0.25, 0.3) is 0 Å². The fourth-order valence-electron chi connectivity index (χ4n) is 1.52. The fraction of sp³-hybridized carbons (Fsp3) is 0.385. The Morgan fingerprint density at radius 3 is 2.95 bits per heavy atom. The molecular formula is C13H16FN3O2. The van der Waals surface area contributed by atoms with E-state index in [-0.39, 0.29) is 24.1 Å². The van der Waals surface area contributed by atoms with E-state index in [1.807, 2.05) is 6.92 Å². The summed E-state index contributed by atoms with van der Waals surface area (Å²) in [7, 11) is 1.56. The molecule has 1 rings (SSSR count). The van der Waals surface area contributed by atoms with E-state index in [9.17, 15) is 9.18 Å². The first-order valence-corrected chi connectivity index (χ1v) is 5.78. The number of carbonyl (C=O) groups excluding carboxylic acids is 1. The van der Waals surface area contributed by atoms with Crippen LogP contribution in [0.5, 0.6) is 0 Å². The van der Waals surface area contributed by atoms with Gasteiger partial charge in [0.1, 0.15) is 11.9 Å². The number of ether oxygens (including phenoxy) is 1. The van der Waals surface area contributed by atoms with Gasteiger partial charge in [0.15, 0.2) is 0 Å². The molecule has 0 aliphatic carbocycles. The highest BCUT2D eigenvalue weighted by molar-refractivity contribution is 5.81. The minimum Gasteiger partial charge on any atom is -0.383 e. The summed E-state index contributed by atoms with van der Waals surface area (Å²) in [5.74, 6) is -0.779. The highest BCUT2D eigenvalue weighted by Gasteiger charge is 2.07. The summed E-state index contributed by atoms with van der Waals surface area (Å²) < 4.78 is 18.0. The third-order valence-corrected chi connectivity index (χ3v) is 2.36. The Bertz CT molecular complexity index is 485. The largest absolute Gasteiger partial charge is 0.383 e. The molecule has 0 aliphatic heterocycles. The number of nitriles is 1. The van der Waals surface area contributed by atoms with Crippen LogP contribution in [0.3, 0.4) is 0 Å². The third kappa shape index (κ3) is 4.94. The molecule has 1 unspecified atom stereocenters. The Hall–Kier alpha value is -2.13. The van der Waals surface area contributed by atoms with Crippen LogP contribution in [-0.4, -0.2) is 32.2 Å². The summed E-state index contributed by atoms with van der Waals surface area (Å²) in [6.45, 7) is 2.30. The van der Waals surface area contributed by atoms with Crippen LogP contribution in [0.25, 0.3) is 0 Å². The second-order valence-corrected chi connectivity index (χ2v) is 4.08. The van der Waals surface area contributed by atoms with Crippen molar-refractivity contribution in [3.05, 3.63) is 29.6 Å². The highest BCUT2D eigenvalue weighted by atomic mass is 19.1. The van der Waals surface area contributed by atoms with Crippen molar-refractivity contribution in [3.8, 4) is 6.07 Å². The predicted molar refractivity (Wildman–Crippen MR) is 69.1 cm³/mol. The van der Waals surface area contributed by atoms with Crippen molar-refractivity contribution in [1.82, 2.24) is 5.32 Å². The Kier molecular flexibility index (Phi) is 5.76. The normalized spacial score (nSPS) is 11.5. The standard InChI is InChI=1S/C13H16FN3O2/c1-9(8-19-2)17-13(18)7-16-11-3-4-12(14)10(5-11)6-15/h3-5,9,16H,7-8H2,1-2H3,(H,17,18). The van der Waals surface area contributed by atoms with Crippen LogP contribution in [0.1, 0.15) is 12.5 Å². The van der Waals surface area contributed by atoms with Gasteiger partial charge in [0, 0.05) is 18.8 Å². The first-order chi connectivity index (χ1) is 9.06. The van der Waals surface area contributed by atoms with E-state index in [1.54, 1.807) is 13.2 Å². The SMILES string of the molecule is COCC(C)NC(=O)CNc1ccc(F)c(C#N)c1. The van der Waals surface area contributed by atoms with Gasteiger partial charge in [-0.15, -0.1) is 0 Å². The minimum absolute atomic E-state index is 0.0462. The zero-order valence-corrected chi connectivity index (χ0v) is 10.9. The molecule has 1 atom stereocenters. The quantitative estimate of drug-likeness (QED) is 0.812. The van der Waals surface area contributed by atoms with E-state index in [0.717, 1.165) is 0 Å². The highest BCUT2D eigenvalue weighted by Crippen LogP contribution is 2.13. The lowest BCUT2D eigenvalue weighted by molar-refractivity contribution is -0.120. The zero-order chi connectivity index (χ0) is 14.3. The van der Waals surface area contributed by atoms with Gasteiger partial charge in [-0.2, -0.15) is 5.26 Å². The lowest BCUT2D eigenvalue weighted by Crippen LogP contribution is -2.39. The number of benzene rings is 1. The third-order valence-electron chi connectivity index (χ3n) is 2.36. The maximum absolute atomic E-state index is 13.1. The molecule has 0 spiro atoms. The molecule has 0 radical (unpaired) electrons. The number of amides is 1. The smallest absolute Gasteiger partial charge is 0.239 e. The van der Waals surface area contributed by atoms with Crippen molar-refractivity contribution < 1.29 is 13.9 Å². The molecular weight excluding hydrogens is 249 g/mol. The predicted octanol–water partition coefficient (Wildman–Crippen LogP) is 1.26. The van der Waals surface area contributed by atoms with E-state index in [4.69, 9.17) is 10.00 Å². The number of methoxy groups -OCH3 is 1. The van der Waals surface area contributed by atoms with Gasteiger partial charge in [-0.1, -0.05) is 0 Å². The van der Waals surface area contributed by atoms with Crippen LogP contribution < -0.4 is 10.6 Å². The summed E-state index contributed by atoms with van der Waals surface area (Å²) in [5, 5.41) is 14.2. The van der Waals surface area contributed by atoms with Crippen LogP contribution >= 0.6 is 0 Å². The lowest BCUT2D eigenvalue weighted by Gasteiger charge is -2.13. The molecule has 6 heteroatoms. The summed E-state index contributed by atoms with van der Waals surface area (Å²) in [6.07, 6.45) is 0. The van der Waals surface area contributed by atoms with E-state index in [1.165, 1.54) is 18.2 Å². The topological polar surface area (TPSA) is 74.2 Å².